The molecular weight excluding hydrogens is 416 g/mol. The van der Waals surface area contributed by atoms with Crippen LogP contribution in [0, 0.1) is 0 Å². The molecule has 5 rings (SSSR count). The Morgan fingerprint density at radius 3 is 2.66 bits per heavy atom. The van der Waals surface area contributed by atoms with Crippen molar-refractivity contribution in [3.63, 3.8) is 0 Å². The molecule has 1 aliphatic heterocycles. The van der Waals surface area contributed by atoms with Crippen LogP contribution >= 0.6 is 0 Å². The Bertz CT molecular complexity index is 1340. The van der Waals surface area contributed by atoms with E-state index in [4.69, 9.17) is 4.74 Å². The Morgan fingerprint density at radius 1 is 1.12 bits per heavy atom. The first-order chi connectivity index (χ1) is 15.5. The number of alkyl halides is 2. The molecule has 0 amide bonds. The van der Waals surface area contributed by atoms with Crippen molar-refractivity contribution in [2.45, 2.75) is 31.4 Å². The summed E-state index contributed by atoms with van der Waals surface area (Å²) in [6, 6.07) is 12.1. The lowest BCUT2D eigenvalue weighted by Gasteiger charge is -2.29. The van der Waals surface area contributed by atoms with Crippen LogP contribution in [0.5, 0.6) is 0 Å². The van der Waals surface area contributed by atoms with Gasteiger partial charge in [0.1, 0.15) is 5.69 Å². The molecule has 32 heavy (non-hydrogen) atoms. The molecule has 2 aromatic carbocycles. The van der Waals surface area contributed by atoms with E-state index in [9.17, 15) is 18.7 Å². The summed E-state index contributed by atoms with van der Waals surface area (Å²) in [5, 5.41) is 12.6. The predicted molar refractivity (Wildman–Crippen MR) is 116 cm³/mol. The number of benzene rings is 2. The summed E-state index contributed by atoms with van der Waals surface area (Å²) < 4.78 is 32.5. The molecule has 6 nitrogen and oxygen atoms in total. The van der Waals surface area contributed by atoms with Crippen molar-refractivity contribution in [1.82, 2.24) is 14.5 Å². The van der Waals surface area contributed by atoms with Crippen molar-refractivity contribution in [1.29, 1.82) is 0 Å². The van der Waals surface area contributed by atoms with Crippen molar-refractivity contribution in [2.75, 3.05) is 13.2 Å². The average Bonchev–Trinajstić information content (AvgIpc) is 2.81. The topological polar surface area (TPSA) is 77.2 Å². The van der Waals surface area contributed by atoms with Crippen LogP contribution in [0.1, 0.15) is 35.7 Å². The molecule has 0 radical (unpaired) electrons. The second kappa shape index (κ2) is 8.37. The van der Waals surface area contributed by atoms with Crippen LogP contribution in [0.15, 0.2) is 59.8 Å². The monoisotopic (exact) mass is 437 g/mol. The molecule has 0 saturated carbocycles. The first-order valence-electron chi connectivity index (χ1n) is 10.4. The number of pyridine rings is 1. The Morgan fingerprint density at radius 2 is 1.94 bits per heavy atom. The maximum absolute atomic E-state index is 13.4. The smallest absolute Gasteiger partial charge is 0.280 e. The number of ether oxygens (including phenoxy) is 1. The van der Waals surface area contributed by atoms with Gasteiger partial charge < -0.3 is 9.84 Å². The van der Waals surface area contributed by atoms with Crippen LogP contribution in [0.25, 0.3) is 21.7 Å². The van der Waals surface area contributed by atoms with E-state index in [0.717, 1.165) is 21.9 Å². The second-order valence-electron chi connectivity index (χ2n) is 8.00. The normalized spacial score (nSPS) is 19.1. The van der Waals surface area contributed by atoms with E-state index in [2.05, 4.69) is 9.97 Å². The number of aliphatic hydroxyl groups is 1. The fraction of sp³-hybridized carbons (Fsp3) is 0.292. The van der Waals surface area contributed by atoms with Gasteiger partial charge in [0.25, 0.3) is 12.0 Å². The van der Waals surface area contributed by atoms with Crippen molar-refractivity contribution in [3.8, 4) is 0 Å². The molecule has 1 N–H and O–H groups in total. The lowest BCUT2D eigenvalue weighted by Crippen LogP contribution is -2.39. The van der Waals surface area contributed by atoms with E-state index in [0.29, 0.717) is 30.4 Å². The maximum atomic E-state index is 13.4. The molecule has 1 saturated heterocycles. The molecule has 3 heterocycles. The van der Waals surface area contributed by atoms with Gasteiger partial charge >= 0.3 is 0 Å². The minimum Gasteiger partial charge on any atom is -0.389 e. The summed E-state index contributed by atoms with van der Waals surface area (Å²) in [5.74, 6) is 0. The Balaban J connectivity index is 1.64. The summed E-state index contributed by atoms with van der Waals surface area (Å²) in [7, 11) is 0. The lowest BCUT2D eigenvalue weighted by molar-refractivity contribution is -0.0395. The van der Waals surface area contributed by atoms with E-state index >= 15 is 0 Å². The van der Waals surface area contributed by atoms with Crippen LogP contribution in [0.2, 0.25) is 0 Å². The summed E-state index contributed by atoms with van der Waals surface area (Å²) in [4.78, 5) is 21.8. The highest BCUT2D eigenvalue weighted by Crippen LogP contribution is 2.29. The quantitative estimate of drug-likeness (QED) is 0.492. The predicted octanol–water partition coefficient (Wildman–Crippen LogP) is 3.80. The third-order valence-corrected chi connectivity index (χ3v) is 5.99. The van der Waals surface area contributed by atoms with E-state index in [-0.39, 0.29) is 17.9 Å². The van der Waals surface area contributed by atoms with Crippen molar-refractivity contribution in [3.05, 3.63) is 82.2 Å². The van der Waals surface area contributed by atoms with Crippen LogP contribution in [0.3, 0.4) is 0 Å². The second-order valence-corrected chi connectivity index (χ2v) is 8.00. The Hall–Kier alpha value is -3.23. The largest absolute Gasteiger partial charge is 0.389 e. The van der Waals surface area contributed by atoms with Gasteiger partial charge in [-0.15, -0.1) is 0 Å². The molecule has 1 fully saturated rings. The Labute approximate surface area is 182 Å². The molecule has 2 unspecified atom stereocenters. The highest BCUT2D eigenvalue weighted by Gasteiger charge is 2.27. The highest BCUT2D eigenvalue weighted by molar-refractivity contribution is 6.06. The third-order valence-electron chi connectivity index (χ3n) is 5.99. The van der Waals surface area contributed by atoms with Gasteiger partial charge in [-0.25, -0.2) is 13.8 Å². The minimum absolute atomic E-state index is 0.180. The molecule has 4 aromatic rings. The zero-order chi connectivity index (χ0) is 22.2. The van der Waals surface area contributed by atoms with Gasteiger partial charge in [0.05, 0.1) is 36.0 Å². The van der Waals surface area contributed by atoms with Gasteiger partial charge in [-0.2, -0.15) is 0 Å². The first-order valence-corrected chi connectivity index (χ1v) is 10.4. The molecule has 2 atom stereocenters. The van der Waals surface area contributed by atoms with Crippen LogP contribution in [0.4, 0.5) is 8.78 Å². The maximum Gasteiger partial charge on any atom is 0.280 e. The zero-order valence-electron chi connectivity index (χ0n) is 17.1. The van der Waals surface area contributed by atoms with Gasteiger partial charge in [-0.05, 0) is 41.5 Å². The fourth-order valence-electron chi connectivity index (χ4n) is 4.36. The van der Waals surface area contributed by atoms with Gasteiger partial charge in [-0.1, -0.05) is 30.3 Å². The van der Waals surface area contributed by atoms with Crippen LogP contribution in [-0.4, -0.2) is 39.0 Å². The number of nitrogens with zero attached hydrogens (tertiary/aromatic N) is 3. The fourth-order valence-corrected chi connectivity index (χ4v) is 4.36. The van der Waals surface area contributed by atoms with Gasteiger partial charge in [0.2, 0.25) is 0 Å². The van der Waals surface area contributed by atoms with Gasteiger partial charge in [0.15, 0.2) is 0 Å². The van der Waals surface area contributed by atoms with E-state index in [1.54, 1.807) is 6.07 Å². The molecule has 0 aliphatic carbocycles. The summed E-state index contributed by atoms with van der Waals surface area (Å²) in [6.07, 6.45) is 0.511. The molecule has 0 bridgehead atoms. The van der Waals surface area contributed by atoms with E-state index in [1.165, 1.54) is 23.2 Å². The lowest BCUT2D eigenvalue weighted by atomic mass is 9.96. The minimum atomic E-state index is -2.62. The summed E-state index contributed by atoms with van der Waals surface area (Å²) >= 11 is 0. The molecular formula is C24H21F2N3O3. The standard InChI is InChI=1S/C24H21F2N3O3/c25-23(26)19-6-5-14(11-27-19)9-15-10-18-22(17-4-2-1-3-16(15)17)28-13-29(24(18)31)20-7-8-32-12-21(20)30/h1-6,10-11,13,20-21,23,30H,7-9,12H2. The SMILES string of the molecule is O=c1c2cc(Cc3ccc(C(F)F)nc3)c3ccccc3c2ncn1C1CCOCC1O. The van der Waals surface area contributed by atoms with Crippen LogP contribution in [-0.2, 0) is 11.2 Å². The number of aliphatic hydroxyl groups excluding tert-OH is 1. The number of hydrogen-bond acceptors (Lipinski definition) is 5. The van der Waals surface area contributed by atoms with Crippen molar-refractivity contribution < 1.29 is 18.6 Å². The first kappa shape index (κ1) is 20.7. The molecule has 8 heteroatoms. The molecule has 164 valence electrons. The molecule has 2 aromatic heterocycles. The number of rotatable bonds is 4. The van der Waals surface area contributed by atoms with E-state index in [1.807, 2.05) is 30.3 Å². The zero-order valence-corrected chi connectivity index (χ0v) is 17.1. The van der Waals surface area contributed by atoms with Crippen LogP contribution < -0.4 is 5.56 Å². The number of aromatic nitrogens is 3. The van der Waals surface area contributed by atoms with Gasteiger partial charge in [-0.3, -0.25) is 14.3 Å². The van der Waals surface area contributed by atoms with E-state index < -0.39 is 18.6 Å². The Kier molecular flexibility index (Phi) is 5.40. The van der Waals surface area contributed by atoms with Gasteiger partial charge in [0, 0.05) is 18.2 Å². The average molecular weight is 437 g/mol. The third kappa shape index (κ3) is 3.65. The highest BCUT2D eigenvalue weighted by atomic mass is 19.3. The number of hydrogen-bond donors (Lipinski definition) is 1. The number of halogens is 2. The summed E-state index contributed by atoms with van der Waals surface area (Å²) in [6.45, 7) is 0.649. The van der Waals surface area contributed by atoms with Crippen molar-refractivity contribution >= 4 is 21.7 Å². The van der Waals surface area contributed by atoms with Crippen molar-refractivity contribution in [2.24, 2.45) is 0 Å². The summed E-state index contributed by atoms with van der Waals surface area (Å²) in [5.41, 5.74) is 1.75. The number of fused-ring (bicyclic) bond motifs is 3. The molecule has 0 spiro atoms. The molecule has 1 aliphatic rings.